The van der Waals surface area contributed by atoms with Crippen molar-refractivity contribution in [3.63, 3.8) is 0 Å². The standard InChI is InChI=1S/C21H8F8O/c1-6-2-3-7-11(16(24)20(28)18(26)14(7)22)10(6)13-9(30)5-4-8-12(13)17(25)21(29)19(27)15(8)23/h2-5,30H,1H3. The Bertz CT molecular complexity index is 1290. The molecule has 0 aromatic heterocycles. The van der Waals surface area contributed by atoms with E-state index in [1.807, 2.05) is 0 Å². The number of phenolic OH excluding ortho intramolecular Hbond substituents is 1. The SMILES string of the molecule is Cc1ccc2c(F)c(F)c(F)c(F)c2c1-c1c(O)ccc2c(F)c(F)c(F)c(F)c12. The van der Waals surface area contributed by atoms with Crippen LogP contribution in [0.4, 0.5) is 35.1 Å². The fraction of sp³-hybridized carbons (Fsp3) is 0.0476. The summed E-state index contributed by atoms with van der Waals surface area (Å²) in [6.07, 6.45) is 0. The van der Waals surface area contributed by atoms with Crippen LogP contribution in [0.5, 0.6) is 5.75 Å². The van der Waals surface area contributed by atoms with E-state index in [0.717, 1.165) is 24.3 Å². The second-order valence-electron chi connectivity index (χ2n) is 6.57. The highest BCUT2D eigenvalue weighted by Crippen LogP contribution is 2.45. The number of aromatic hydroxyl groups is 1. The molecule has 0 radical (unpaired) electrons. The Morgan fingerprint density at radius 1 is 0.500 bits per heavy atom. The van der Waals surface area contributed by atoms with Crippen molar-refractivity contribution in [3.05, 3.63) is 76.4 Å². The molecule has 0 saturated heterocycles. The Labute approximate surface area is 162 Å². The molecule has 30 heavy (non-hydrogen) atoms. The Hall–Kier alpha value is -3.36. The zero-order valence-electron chi connectivity index (χ0n) is 14.8. The molecule has 4 rings (SSSR count). The normalized spacial score (nSPS) is 11.6. The molecule has 1 nitrogen and oxygen atoms in total. The fourth-order valence-electron chi connectivity index (χ4n) is 3.54. The summed E-state index contributed by atoms with van der Waals surface area (Å²) in [4.78, 5) is 0. The van der Waals surface area contributed by atoms with Crippen LogP contribution in [-0.4, -0.2) is 5.11 Å². The van der Waals surface area contributed by atoms with Crippen LogP contribution in [0.15, 0.2) is 24.3 Å². The zero-order chi connectivity index (χ0) is 22.1. The van der Waals surface area contributed by atoms with Gasteiger partial charge in [0.05, 0.1) is 0 Å². The molecular formula is C21H8F8O. The molecule has 0 heterocycles. The van der Waals surface area contributed by atoms with Crippen LogP contribution >= 0.6 is 0 Å². The lowest BCUT2D eigenvalue weighted by Crippen LogP contribution is -2.03. The maximum absolute atomic E-state index is 14.7. The Kier molecular flexibility index (Phi) is 4.37. The van der Waals surface area contributed by atoms with E-state index in [1.165, 1.54) is 6.92 Å². The monoisotopic (exact) mass is 428 g/mol. The third kappa shape index (κ3) is 2.47. The molecule has 1 N–H and O–H groups in total. The fourth-order valence-corrected chi connectivity index (χ4v) is 3.54. The Balaban J connectivity index is 2.34. The summed E-state index contributed by atoms with van der Waals surface area (Å²) in [7, 11) is 0. The van der Waals surface area contributed by atoms with Gasteiger partial charge in [0.1, 0.15) is 5.75 Å². The van der Waals surface area contributed by atoms with Crippen molar-refractivity contribution in [2.75, 3.05) is 0 Å². The third-order valence-electron chi connectivity index (χ3n) is 4.92. The average molecular weight is 428 g/mol. The lowest BCUT2D eigenvalue weighted by Gasteiger charge is -2.17. The van der Waals surface area contributed by atoms with Gasteiger partial charge in [0.2, 0.25) is 0 Å². The van der Waals surface area contributed by atoms with Crippen LogP contribution in [0.1, 0.15) is 5.56 Å². The number of fused-ring (bicyclic) bond motifs is 2. The highest BCUT2D eigenvalue weighted by atomic mass is 19.2. The van der Waals surface area contributed by atoms with Crippen molar-refractivity contribution < 1.29 is 40.2 Å². The molecular weight excluding hydrogens is 420 g/mol. The number of benzene rings is 4. The molecule has 0 amide bonds. The highest BCUT2D eigenvalue weighted by molar-refractivity contribution is 6.09. The van der Waals surface area contributed by atoms with Crippen LogP contribution < -0.4 is 0 Å². The summed E-state index contributed by atoms with van der Waals surface area (Å²) in [6, 6.07) is 3.61. The number of halogens is 8. The Morgan fingerprint density at radius 3 is 1.40 bits per heavy atom. The summed E-state index contributed by atoms with van der Waals surface area (Å²) < 4.78 is 113. The van der Waals surface area contributed by atoms with E-state index in [1.54, 1.807) is 0 Å². The Morgan fingerprint density at radius 2 is 0.900 bits per heavy atom. The molecule has 4 aromatic rings. The number of phenols is 1. The molecule has 0 fully saturated rings. The molecule has 0 unspecified atom stereocenters. The molecule has 0 aliphatic heterocycles. The van der Waals surface area contributed by atoms with Crippen molar-refractivity contribution in [2.24, 2.45) is 0 Å². The lowest BCUT2D eigenvalue weighted by atomic mass is 9.89. The summed E-state index contributed by atoms with van der Waals surface area (Å²) in [5.41, 5.74) is -1.29. The molecule has 154 valence electrons. The van der Waals surface area contributed by atoms with E-state index >= 15 is 0 Å². The molecule has 0 aliphatic rings. The van der Waals surface area contributed by atoms with Crippen molar-refractivity contribution in [3.8, 4) is 16.9 Å². The van der Waals surface area contributed by atoms with Gasteiger partial charge in [-0.25, -0.2) is 35.1 Å². The highest BCUT2D eigenvalue weighted by Gasteiger charge is 2.29. The van der Waals surface area contributed by atoms with Crippen molar-refractivity contribution in [1.29, 1.82) is 0 Å². The van der Waals surface area contributed by atoms with Gasteiger partial charge in [-0.1, -0.05) is 12.1 Å². The number of hydrogen-bond acceptors (Lipinski definition) is 1. The second kappa shape index (κ2) is 6.58. The summed E-state index contributed by atoms with van der Waals surface area (Å²) in [5, 5.41) is 6.88. The number of hydrogen-bond donors (Lipinski definition) is 1. The van der Waals surface area contributed by atoms with E-state index in [9.17, 15) is 40.2 Å². The summed E-state index contributed by atoms with van der Waals surface area (Å²) in [5.74, 6) is -16.7. The van der Waals surface area contributed by atoms with Crippen LogP contribution in [0.25, 0.3) is 32.7 Å². The molecule has 0 aliphatic carbocycles. The van der Waals surface area contributed by atoms with Gasteiger partial charge >= 0.3 is 0 Å². The van der Waals surface area contributed by atoms with Crippen LogP contribution in [-0.2, 0) is 0 Å². The van der Waals surface area contributed by atoms with Crippen LogP contribution in [0, 0.1) is 53.5 Å². The van der Waals surface area contributed by atoms with Gasteiger partial charge < -0.3 is 5.11 Å². The minimum Gasteiger partial charge on any atom is -0.507 e. The van der Waals surface area contributed by atoms with Crippen molar-refractivity contribution in [1.82, 2.24) is 0 Å². The van der Waals surface area contributed by atoms with Gasteiger partial charge in [-0.2, -0.15) is 0 Å². The maximum Gasteiger partial charge on any atom is 0.198 e. The molecule has 0 saturated carbocycles. The molecule has 0 spiro atoms. The average Bonchev–Trinajstić information content (AvgIpc) is 2.73. The minimum absolute atomic E-state index is 0.000788. The van der Waals surface area contributed by atoms with Crippen molar-refractivity contribution >= 4 is 21.5 Å². The first-order chi connectivity index (χ1) is 14.1. The molecule has 4 aromatic carbocycles. The molecule has 0 atom stereocenters. The van der Waals surface area contributed by atoms with Crippen LogP contribution in [0.2, 0.25) is 0 Å². The largest absolute Gasteiger partial charge is 0.507 e. The van der Waals surface area contributed by atoms with Gasteiger partial charge in [0.25, 0.3) is 0 Å². The van der Waals surface area contributed by atoms with Gasteiger partial charge in [0.15, 0.2) is 46.5 Å². The number of aryl methyl sites for hydroxylation is 1. The predicted molar refractivity (Wildman–Crippen MR) is 93.0 cm³/mol. The van der Waals surface area contributed by atoms with Crippen LogP contribution in [0.3, 0.4) is 0 Å². The van der Waals surface area contributed by atoms with E-state index < -0.39 is 85.0 Å². The molecule has 0 bridgehead atoms. The van der Waals surface area contributed by atoms with Gasteiger partial charge in [-0.05, 0) is 24.6 Å². The molecule has 9 heteroatoms. The van der Waals surface area contributed by atoms with Crippen molar-refractivity contribution in [2.45, 2.75) is 6.92 Å². The van der Waals surface area contributed by atoms with Gasteiger partial charge in [0, 0.05) is 32.7 Å². The first kappa shape index (κ1) is 19.9. The first-order valence-electron chi connectivity index (χ1n) is 8.31. The predicted octanol–water partition coefficient (Wildman–Crippen LogP) is 6.79. The van der Waals surface area contributed by atoms with E-state index in [0.29, 0.717) is 0 Å². The summed E-state index contributed by atoms with van der Waals surface area (Å²) >= 11 is 0. The number of rotatable bonds is 1. The van der Waals surface area contributed by atoms with Gasteiger partial charge in [-0.15, -0.1) is 0 Å². The van der Waals surface area contributed by atoms with E-state index in [2.05, 4.69) is 0 Å². The minimum atomic E-state index is -2.20. The summed E-state index contributed by atoms with van der Waals surface area (Å²) in [6.45, 7) is 1.28. The van der Waals surface area contributed by atoms with E-state index in [4.69, 9.17) is 0 Å². The topological polar surface area (TPSA) is 20.2 Å². The zero-order valence-corrected chi connectivity index (χ0v) is 14.8. The first-order valence-corrected chi connectivity index (χ1v) is 8.31. The van der Waals surface area contributed by atoms with E-state index in [-0.39, 0.29) is 5.56 Å². The third-order valence-corrected chi connectivity index (χ3v) is 4.92. The smallest absolute Gasteiger partial charge is 0.198 e. The quantitative estimate of drug-likeness (QED) is 0.201. The second-order valence-corrected chi connectivity index (χ2v) is 6.57. The maximum atomic E-state index is 14.7. The van der Waals surface area contributed by atoms with Gasteiger partial charge in [-0.3, -0.25) is 0 Å². The lowest BCUT2D eigenvalue weighted by molar-refractivity contribution is 0.417.